The van der Waals surface area contributed by atoms with Crippen LogP contribution in [0.2, 0.25) is 0 Å². The third-order valence-corrected chi connectivity index (χ3v) is 3.99. The fourth-order valence-electron chi connectivity index (χ4n) is 2.77. The normalized spacial score (nSPS) is 22.8. The second-order valence-corrected chi connectivity index (χ2v) is 5.79. The van der Waals surface area contributed by atoms with E-state index in [2.05, 4.69) is 22.9 Å². The molecule has 0 aromatic heterocycles. The summed E-state index contributed by atoms with van der Waals surface area (Å²) in [4.78, 5) is 13.8. The van der Waals surface area contributed by atoms with Crippen LogP contribution in [0.4, 0.5) is 5.69 Å². The molecule has 0 saturated carbocycles. The third kappa shape index (κ3) is 2.45. The lowest BCUT2D eigenvalue weighted by molar-refractivity contribution is -0.117. The average Bonchev–Trinajstić information content (AvgIpc) is 2.30. The number of nitrogens with two attached hydrogens (primary N) is 1. The number of hydrogen-bond donors (Lipinski definition) is 1. The standard InChI is InChI=1S/C14H19BrN2O/c1-3-4-11-8-13(16)12-7-10(15)5-6-14(12)17(11)9(2)18/h5-7,11,13H,3-4,8,16H2,1-2H3/t11?,13-/m0/s1. The highest BCUT2D eigenvalue weighted by Gasteiger charge is 2.32. The van der Waals surface area contributed by atoms with Crippen molar-refractivity contribution < 1.29 is 4.79 Å². The van der Waals surface area contributed by atoms with Gasteiger partial charge in [-0.3, -0.25) is 4.79 Å². The van der Waals surface area contributed by atoms with Gasteiger partial charge in [-0.25, -0.2) is 0 Å². The Labute approximate surface area is 116 Å². The zero-order chi connectivity index (χ0) is 13.3. The van der Waals surface area contributed by atoms with Gasteiger partial charge in [0.25, 0.3) is 0 Å². The van der Waals surface area contributed by atoms with Crippen LogP contribution in [-0.2, 0) is 4.79 Å². The Balaban J connectivity index is 2.46. The Hall–Kier alpha value is -0.870. The van der Waals surface area contributed by atoms with Crippen molar-refractivity contribution in [3.63, 3.8) is 0 Å². The van der Waals surface area contributed by atoms with Gasteiger partial charge < -0.3 is 10.6 Å². The van der Waals surface area contributed by atoms with Crippen molar-refractivity contribution in [1.29, 1.82) is 0 Å². The van der Waals surface area contributed by atoms with E-state index in [1.165, 1.54) is 0 Å². The molecule has 2 rings (SSSR count). The summed E-state index contributed by atoms with van der Waals surface area (Å²) >= 11 is 3.46. The molecular formula is C14H19BrN2O. The van der Waals surface area contributed by atoms with Crippen molar-refractivity contribution in [3.8, 4) is 0 Å². The SMILES string of the molecule is CCCC1C[C@H](N)c2cc(Br)ccc2N1C(C)=O. The Morgan fingerprint density at radius 3 is 2.89 bits per heavy atom. The molecule has 1 unspecified atom stereocenters. The number of amides is 1. The quantitative estimate of drug-likeness (QED) is 0.910. The number of carbonyl (C=O) groups excluding carboxylic acids is 1. The first-order valence-corrected chi connectivity index (χ1v) is 7.18. The Morgan fingerprint density at radius 2 is 2.28 bits per heavy atom. The number of anilines is 1. The van der Waals surface area contributed by atoms with Crippen molar-refractivity contribution >= 4 is 27.5 Å². The molecule has 0 fully saturated rings. The summed E-state index contributed by atoms with van der Waals surface area (Å²) in [6.45, 7) is 3.77. The van der Waals surface area contributed by atoms with Gasteiger partial charge in [0.15, 0.2) is 0 Å². The van der Waals surface area contributed by atoms with E-state index in [4.69, 9.17) is 5.73 Å². The topological polar surface area (TPSA) is 46.3 Å². The summed E-state index contributed by atoms with van der Waals surface area (Å²) in [6, 6.07) is 6.23. The summed E-state index contributed by atoms with van der Waals surface area (Å²) in [7, 11) is 0. The average molecular weight is 311 g/mol. The van der Waals surface area contributed by atoms with Crippen LogP contribution in [0, 0.1) is 0 Å². The van der Waals surface area contributed by atoms with Crippen molar-refractivity contribution in [2.75, 3.05) is 4.90 Å². The molecule has 1 aliphatic rings. The van der Waals surface area contributed by atoms with Gasteiger partial charge in [0.1, 0.15) is 0 Å². The minimum atomic E-state index is 0.0182. The van der Waals surface area contributed by atoms with Gasteiger partial charge in [-0.1, -0.05) is 29.3 Å². The van der Waals surface area contributed by atoms with Crippen molar-refractivity contribution in [2.45, 2.75) is 45.2 Å². The molecule has 18 heavy (non-hydrogen) atoms. The Morgan fingerprint density at radius 1 is 1.56 bits per heavy atom. The Bertz CT molecular complexity index is 461. The van der Waals surface area contributed by atoms with E-state index in [1.54, 1.807) is 6.92 Å². The molecule has 0 saturated heterocycles. The van der Waals surface area contributed by atoms with Gasteiger partial charge in [-0.15, -0.1) is 0 Å². The zero-order valence-electron chi connectivity index (χ0n) is 10.8. The summed E-state index contributed by atoms with van der Waals surface area (Å²) in [5.74, 6) is 0.101. The second kappa shape index (κ2) is 5.41. The molecule has 2 N–H and O–H groups in total. The summed E-state index contributed by atoms with van der Waals surface area (Å²) in [5, 5.41) is 0. The number of hydrogen-bond acceptors (Lipinski definition) is 2. The van der Waals surface area contributed by atoms with Crippen LogP contribution in [0.1, 0.15) is 44.7 Å². The molecule has 0 radical (unpaired) electrons. The van der Waals surface area contributed by atoms with Crippen LogP contribution in [0.5, 0.6) is 0 Å². The lowest BCUT2D eigenvalue weighted by Gasteiger charge is -2.39. The molecule has 3 nitrogen and oxygen atoms in total. The van der Waals surface area contributed by atoms with Crippen molar-refractivity contribution in [3.05, 3.63) is 28.2 Å². The summed E-state index contributed by atoms with van der Waals surface area (Å²) in [5.41, 5.74) is 8.28. The molecule has 1 aliphatic heterocycles. The zero-order valence-corrected chi connectivity index (χ0v) is 12.4. The predicted octanol–water partition coefficient (Wildman–Crippen LogP) is 3.37. The first-order valence-electron chi connectivity index (χ1n) is 6.39. The number of halogens is 1. The molecule has 0 spiro atoms. The molecular weight excluding hydrogens is 292 g/mol. The van der Waals surface area contributed by atoms with Gasteiger partial charge in [-0.05, 0) is 36.6 Å². The minimum absolute atomic E-state index is 0.0182. The maximum Gasteiger partial charge on any atom is 0.224 e. The van der Waals surface area contributed by atoms with Crippen molar-refractivity contribution in [2.24, 2.45) is 5.73 Å². The van der Waals surface area contributed by atoms with Gasteiger partial charge in [0.2, 0.25) is 5.91 Å². The second-order valence-electron chi connectivity index (χ2n) is 4.88. The van der Waals surface area contributed by atoms with Crippen LogP contribution in [0.15, 0.2) is 22.7 Å². The molecule has 0 aliphatic carbocycles. The van der Waals surface area contributed by atoms with E-state index >= 15 is 0 Å². The smallest absolute Gasteiger partial charge is 0.224 e. The number of carbonyl (C=O) groups is 1. The lowest BCUT2D eigenvalue weighted by Crippen LogP contribution is -2.45. The first-order chi connectivity index (χ1) is 8.54. The molecule has 4 heteroatoms. The van der Waals surface area contributed by atoms with Crippen LogP contribution in [0.25, 0.3) is 0 Å². The maximum atomic E-state index is 11.9. The van der Waals surface area contributed by atoms with E-state index in [-0.39, 0.29) is 18.0 Å². The van der Waals surface area contributed by atoms with Gasteiger partial charge in [0, 0.05) is 29.2 Å². The van der Waals surface area contributed by atoms with Crippen LogP contribution in [0.3, 0.4) is 0 Å². The molecule has 1 amide bonds. The summed E-state index contributed by atoms with van der Waals surface area (Å²) in [6.07, 6.45) is 2.91. The molecule has 1 heterocycles. The molecule has 1 aromatic rings. The molecule has 0 bridgehead atoms. The predicted molar refractivity (Wildman–Crippen MR) is 77.5 cm³/mol. The highest BCUT2D eigenvalue weighted by atomic mass is 79.9. The van der Waals surface area contributed by atoms with E-state index in [0.29, 0.717) is 0 Å². The maximum absolute atomic E-state index is 11.9. The van der Waals surface area contributed by atoms with E-state index in [0.717, 1.165) is 35.0 Å². The van der Waals surface area contributed by atoms with Crippen LogP contribution in [-0.4, -0.2) is 11.9 Å². The number of rotatable bonds is 2. The van der Waals surface area contributed by atoms with E-state index < -0.39 is 0 Å². The van der Waals surface area contributed by atoms with Crippen molar-refractivity contribution in [1.82, 2.24) is 0 Å². The van der Waals surface area contributed by atoms with Crippen LogP contribution < -0.4 is 10.6 Å². The van der Waals surface area contributed by atoms with E-state index in [1.807, 2.05) is 23.1 Å². The van der Waals surface area contributed by atoms with Gasteiger partial charge in [-0.2, -0.15) is 0 Å². The molecule has 1 aromatic carbocycles. The monoisotopic (exact) mass is 310 g/mol. The van der Waals surface area contributed by atoms with Gasteiger partial charge >= 0.3 is 0 Å². The molecule has 98 valence electrons. The largest absolute Gasteiger partial charge is 0.324 e. The minimum Gasteiger partial charge on any atom is -0.324 e. The molecule has 2 atom stereocenters. The summed E-state index contributed by atoms with van der Waals surface area (Å²) < 4.78 is 1.01. The fourth-order valence-corrected chi connectivity index (χ4v) is 3.15. The third-order valence-electron chi connectivity index (χ3n) is 3.50. The van der Waals surface area contributed by atoms with Crippen LogP contribution >= 0.6 is 15.9 Å². The highest BCUT2D eigenvalue weighted by molar-refractivity contribution is 9.10. The highest BCUT2D eigenvalue weighted by Crippen LogP contribution is 2.38. The van der Waals surface area contributed by atoms with Gasteiger partial charge in [0.05, 0.1) is 0 Å². The lowest BCUT2D eigenvalue weighted by atomic mass is 9.89. The first kappa shape index (κ1) is 13.6. The fraction of sp³-hybridized carbons (Fsp3) is 0.500. The Kier molecular flexibility index (Phi) is 4.07. The van der Waals surface area contributed by atoms with E-state index in [9.17, 15) is 4.79 Å². The number of benzene rings is 1. The number of fused-ring (bicyclic) bond motifs is 1. The number of nitrogens with zero attached hydrogens (tertiary/aromatic N) is 1.